The van der Waals surface area contributed by atoms with Gasteiger partial charge in [-0.25, -0.2) is 0 Å². The summed E-state index contributed by atoms with van der Waals surface area (Å²) in [6.45, 7) is 2.01. The van der Waals surface area contributed by atoms with Gasteiger partial charge < -0.3 is 5.21 Å². The third kappa shape index (κ3) is 1.92. The van der Waals surface area contributed by atoms with Crippen molar-refractivity contribution in [3.05, 3.63) is 39.9 Å². The van der Waals surface area contributed by atoms with E-state index in [0.717, 1.165) is 37.0 Å². The molecule has 0 radical (unpaired) electrons. The largest absolute Gasteiger partial charge is 0.311 e. The summed E-state index contributed by atoms with van der Waals surface area (Å²) >= 11 is 0. The number of nitrogens with zero attached hydrogens (tertiary/aromatic N) is 3. The molecule has 3 rings (SSSR count). The molecule has 1 aliphatic carbocycles. The van der Waals surface area contributed by atoms with E-state index in [2.05, 4.69) is 4.99 Å². The molecular weight excluding hydrogens is 258 g/mol. The molecule has 1 aromatic rings. The van der Waals surface area contributed by atoms with Gasteiger partial charge in [-0.2, -0.15) is 5.06 Å². The summed E-state index contributed by atoms with van der Waals surface area (Å²) < 4.78 is 0. The van der Waals surface area contributed by atoms with Gasteiger partial charge in [0.05, 0.1) is 10.5 Å². The Bertz CT molecular complexity index is 570. The first-order valence-corrected chi connectivity index (χ1v) is 6.82. The molecule has 0 bridgehead atoms. The zero-order valence-electron chi connectivity index (χ0n) is 11.3. The average molecular weight is 275 g/mol. The second-order valence-electron chi connectivity index (χ2n) is 5.62. The van der Waals surface area contributed by atoms with E-state index in [1.54, 1.807) is 12.1 Å². The van der Waals surface area contributed by atoms with Crippen LogP contribution in [0.25, 0.3) is 0 Å². The van der Waals surface area contributed by atoms with Gasteiger partial charge in [0.15, 0.2) is 6.17 Å². The van der Waals surface area contributed by atoms with Crippen LogP contribution in [-0.2, 0) is 0 Å². The van der Waals surface area contributed by atoms with Crippen LogP contribution in [0.1, 0.15) is 44.3 Å². The topological polar surface area (TPSA) is 79.0 Å². The Morgan fingerprint density at radius 3 is 2.70 bits per heavy atom. The molecule has 1 aromatic carbocycles. The van der Waals surface area contributed by atoms with Crippen LogP contribution in [0.5, 0.6) is 0 Å². The molecule has 20 heavy (non-hydrogen) atoms. The number of aliphatic imine (C=N–C) groups is 1. The van der Waals surface area contributed by atoms with E-state index in [9.17, 15) is 15.3 Å². The second-order valence-corrected chi connectivity index (χ2v) is 5.62. The number of hydrogen-bond acceptors (Lipinski definition) is 5. The molecule has 1 fully saturated rings. The van der Waals surface area contributed by atoms with Crippen LogP contribution in [0.3, 0.4) is 0 Å². The normalized spacial score (nSPS) is 29.9. The molecule has 6 heteroatoms. The minimum Gasteiger partial charge on any atom is -0.311 e. The molecule has 1 N–H and O–H groups in total. The van der Waals surface area contributed by atoms with Gasteiger partial charge in [0.1, 0.15) is 0 Å². The zero-order valence-corrected chi connectivity index (χ0v) is 11.3. The van der Waals surface area contributed by atoms with Gasteiger partial charge >= 0.3 is 0 Å². The van der Waals surface area contributed by atoms with Crippen LogP contribution in [-0.4, -0.2) is 26.4 Å². The molecule has 1 aliphatic heterocycles. The number of nitro benzene ring substituents is 1. The number of rotatable bonds is 2. The molecule has 6 nitrogen and oxygen atoms in total. The Morgan fingerprint density at radius 1 is 1.40 bits per heavy atom. The highest BCUT2D eigenvalue weighted by Gasteiger charge is 2.47. The number of benzene rings is 1. The summed E-state index contributed by atoms with van der Waals surface area (Å²) in [6.07, 6.45) is 3.55. The Labute approximate surface area is 116 Å². The summed E-state index contributed by atoms with van der Waals surface area (Å²) in [6, 6.07) is 6.23. The van der Waals surface area contributed by atoms with Crippen molar-refractivity contribution in [1.82, 2.24) is 5.06 Å². The van der Waals surface area contributed by atoms with Crippen LogP contribution in [0, 0.1) is 10.1 Å². The number of fused-ring (bicyclic) bond motifs is 1. The van der Waals surface area contributed by atoms with E-state index >= 15 is 0 Å². The van der Waals surface area contributed by atoms with Crippen LogP contribution < -0.4 is 0 Å². The fourth-order valence-electron chi connectivity index (χ4n) is 3.08. The number of nitro groups is 1. The van der Waals surface area contributed by atoms with Gasteiger partial charge in [0.2, 0.25) is 0 Å². The van der Waals surface area contributed by atoms with Crippen LogP contribution in [0.4, 0.5) is 5.69 Å². The fraction of sp³-hybridized carbons (Fsp3) is 0.500. The maximum atomic E-state index is 10.7. The van der Waals surface area contributed by atoms with E-state index in [4.69, 9.17) is 0 Å². The van der Waals surface area contributed by atoms with Crippen molar-refractivity contribution < 1.29 is 10.1 Å². The van der Waals surface area contributed by atoms with Gasteiger partial charge in [0, 0.05) is 17.8 Å². The lowest BCUT2D eigenvalue weighted by molar-refractivity contribution is -0.384. The maximum absolute atomic E-state index is 10.7. The average Bonchev–Trinajstić information content (AvgIpc) is 2.72. The maximum Gasteiger partial charge on any atom is 0.269 e. The molecule has 2 aliphatic rings. The summed E-state index contributed by atoms with van der Waals surface area (Å²) in [5.41, 5.74) is 1.48. The van der Waals surface area contributed by atoms with Crippen molar-refractivity contribution in [2.24, 2.45) is 4.99 Å². The van der Waals surface area contributed by atoms with Crippen molar-refractivity contribution in [2.45, 2.75) is 44.3 Å². The van der Waals surface area contributed by atoms with Gasteiger partial charge in [0.25, 0.3) is 5.69 Å². The lowest BCUT2D eigenvalue weighted by atomic mass is 9.82. The van der Waals surface area contributed by atoms with Crippen molar-refractivity contribution in [2.75, 3.05) is 0 Å². The smallest absolute Gasteiger partial charge is 0.269 e. The van der Waals surface area contributed by atoms with Crippen molar-refractivity contribution in [3.8, 4) is 0 Å². The molecule has 2 atom stereocenters. The van der Waals surface area contributed by atoms with E-state index in [1.807, 2.05) is 6.92 Å². The third-order valence-corrected chi connectivity index (χ3v) is 4.37. The first-order valence-electron chi connectivity index (χ1n) is 6.82. The summed E-state index contributed by atoms with van der Waals surface area (Å²) in [4.78, 5) is 14.9. The third-order valence-electron chi connectivity index (χ3n) is 4.37. The molecule has 0 spiro atoms. The molecule has 106 valence electrons. The summed E-state index contributed by atoms with van der Waals surface area (Å²) in [7, 11) is 0. The first-order chi connectivity index (χ1) is 9.52. The van der Waals surface area contributed by atoms with Gasteiger partial charge in [-0.15, -0.1) is 0 Å². The standard InChI is InChI=1S/C14H17N3O3/c1-14-9-3-2-4-12(14)15-13(16(14)18)10-5-7-11(8-6-10)17(19)20/h5-8,13,18H,2-4,9H2,1H3/t13-,14+/m1/s1. The quantitative estimate of drug-likeness (QED) is 0.664. The lowest BCUT2D eigenvalue weighted by Crippen LogP contribution is -2.48. The van der Waals surface area contributed by atoms with Crippen molar-refractivity contribution in [3.63, 3.8) is 0 Å². The SMILES string of the molecule is C[C@]12CCCCC1=N[C@@H](c1ccc([N+](=O)[O-])cc1)N2O. The van der Waals surface area contributed by atoms with Gasteiger partial charge in [-0.1, -0.05) is 6.42 Å². The van der Waals surface area contributed by atoms with Crippen LogP contribution in [0.2, 0.25) is 0 Å². The summed E-state index contributed by atoms with van der Waals surface area (Å²) in [5.74, 6) is 0. The molecule has 1 heterocycles. The van der Waals surface area contributed by atoms with Crippen molar-refractivity contribution >= 4 is 11.4 Å². The predicted molar refractivity (Wildman–Crippen MR) is 73.8 cm³/mol. The molecular formula is C14H17N3O3. The Hall–Kier alpha value is -1.79. The molecule has 0 saturated heterocycles. The van der Waals surface area contributed by atoms with Crippen LogP contribution in [0.15, 0.2) is 29.3 Å². The van der Waals surface area contributed by atoms with E-state index in [-0.39, 0.29) is 11.2 Å². The van der Waals surface area contributed by atoms with Gasteiger partial charge in [-0.3, -0.25) is 15.1 Å². The van der Waals surface area contributed by atoms with Gasteiger partial charge in [-0.05, 0) is 43.9 Å². The second kappa shape index (κ2) is 4.64. The monoisotopic (exact) mass is 275 g/mol. The predicted octanol–water partition coefficient (Wildman–Crippen LogP) is 3.07. The Balaban J connectivity index is 1.91. The van der Waals surface area contributed by atoms with Crippen molar-refractivity contribution in [1.29, 1.82) is 0 Å². The lowest BCUT2D eigenvalue weighted by Gasteiger charge is -2.36. The molecule has 1 saturated carbocycles. The molecule has 0 aromatic heterocycles. The number of hydrogen-bond donors (Lipinski definition) is 1. The summed E-state index contributed by atoms with van der Waals surface area (Å²) in [5, 5.41) is 22.4. The van der Waals surface area contributed by atoms with E-state index < -0.39 is 11.1 Å². The molecule has 0 unspecified atom stereocenters. The first kappa shape index (κ1) is 13.2. The minimum absolute atomic E-state index is 0.0486. The van der Waals surface area contributed by atoms with Crippen LogP contribution >= 0.6 is 0 Å². The Morgan fingerprint density at radius 2 is 2.10 bits per heavy atom. The minimum atomic E-state index is -0.450. The number of hydroxylamine groups is 2. The zero-order chi connectivity index (χ0) is 14.3. The van der Waals surface area contributed by atoms with E-state index in [0.29, 0.717) is 0 Å². The fourth-order valence-corrected chi connectivity index (χ4v) is 3.08. The molecule has 0 amide bonds. The number of non-ortho nitro benzene ring substituents is 1. The Kier molecular flexibility index (Phi) is 3.07. The highest BCUT2D eigenvalue weighted by Crippen LogP contribution is 2.42. The van der Waals surface area contributed by atoms with E-state index in [1.165, 1.54) is 17.2 Å². The highest BCUT2D eigenvalue weighted by atomic mass is 16.6. The highest BCUT2D eigenvalue weighted by molar-refractivity contribution is 5.95.